The average molecular weight is 290 g/mol. The van der Waals surface area contributed by atoms with Crippen molar-refractivity contribution in [3.8, 4) is 5.75 Å². The molecule has 1 aliphatic carbocycles. The maximum atomic E-state index is 12.8. The van der Waals surface area contributed by atoms with Crippen LogP contribution in [0.5, 0.6) is 5.75 Å². The average Bonchev–Trinajstić information content (AvgIpc) is 2.94. The molecule has 5 heteroatoms. The Bertz CT molecular complexity index is 532. The molecule has 2 unspecified atom stereocenters. The number of nitrogens with zero attached hydrogens (tertiary/aromatic N) is 1. The molecule has 5 nitrogen and oxygen atoms in total. The Kier molecular flexibility index (Phi) is 4.01. The third kappa shape index (κ3) is 2.83. The minimum absolute atomic E-state index is 0.0310. The summed E-state index contributed by atoms with van der Waals surface area (Å²) in [6.45, 7) is 3.74. The maximum absolute atomic E-state index is 12.8. The van der Waals surface area contributed by atoms with Crippen LogP contribution in [-0.2, 0) is 4.74 Å². The Morgan fingerprint density at radius 3 is 3.10 bits per heavy atom. The molecule has 2 fully saturated rings. The first-order valence-corrected chi connectivity index (χ1v) is 7.65. The van der Waals surface area contributed by atoms with E-state index < -0.39 is 0 Å². The number of ether oxygens (including phenoxy) is 2. The van der Waals surface area contributed by atoms with E-state index >= 15 is 0 Å². The van der Waals surface area contributed by atoms with Gasteiger partial charge in [-0.05, 0) is 38.3 Å². The van der Waals surface area contributed by atoms with Crippen LogP contribution >= 0.6 is 0 Å². The molecule has 1 heterocycles. The van der Waals surface area contributed by atoms with Crippen LogP contribution in [0.3, 0.4) is 0 Å². The quantitative estimate of drug-likeness (QED) is 0.865. The lowest BCUT2D eigenvalue weighted by Crippen LogP contribution is -2.51. The zero-order valence-corrected chi connectivity index (χ0v) is 12.4. The van der Waals surface area contributed by atoms with E-state index in [4.69, 9.17) is 15.2 Å². The van der Waals surface area contributed by atoms with E-state index in [-0.39, 0.29) is 18.1 Å². The number of rotatable bonds is 3. The highest BCUT2D eigenvalue weighted by Gasteiger charge is 2.38. The van der Waals surface area contributed by atoms with Gasteiger partial charge in [0.2, 0.25) is 0 Å². The lowest BCUT2D eigenvalue weighted by Gasteiger charge is -2.37. The summed E-state index contributed by atoms with van der Waals surface area (Å²) in [5, 5.41) is 0. The molecule has 1 amide bonds. The molecular formula is C16H22N2O3. The Morgan fingerprint density at radius 1 is 1.43 bits per heavy atom. The topological polar surface area (TPSA) is 64.8 Å². The monoisotopic (exact) mass is 290 g/mol. The van der Waals surface area contributed by atoms with Gasteiger partial charge in [-0.2, -0.15) is 0 Å². The molecule has 0 spiro atoms. The zero-order chi connectivity index (χ0) is 14.8. The molecule has 1 aromatic carbocycles. The summed E-state index contributed by atoms with van der Waals surface area (Å²) in [7, 11) is 0. The van der Waals surface area contributed by atoms with Crippen molar-refractivity contribution in [2.75, 3.05) is 25.5 Å². The second-order valence-electron chi connectivity index (χ2n) is 5.63. The van der Waals surface area contributed by atoms with E-state index in [1.54, 1.807) is 18.2 Å². The molecule has 2 atom stereocenters. The highest BCUT2D eigenvalue weighted by Crippen LogP contribution is 2.31. The van der Waals surface area contributed by atoms with Gasteiger partial charge in [-0.1, -0.05) is 0 Å². The van der Waals surface area contributed by atoms with Crippen LogP contribution in [0.25, 0.3) is 0 Å². The first kappa shape index (κ1) is 14.2. The fourth-order valence-electron chi connectivity index (χ4n) is 3.34. The summed E-state index contributed by atoms with van der Waals surface area (Å²) in [5.74, 6) is 0.681. The Labute approximate surface area is 125 Å². The fourth-order valence-corrected chi connectivity index (χ4v) is 3.34. The highest BCUT2D eigenvalue weighted by molar-refractivity contribution is 5.96. The number of fused-ring (bicyclic) bond motifs is 1. The molecule has 3 rings (SSSR count). The molecule has 21 heavy (non-hydrogen) atoms. The minimum atomic E-state index is 0.0310. The van der Waals surface area contributed by atoms with Crippen LogP contribution in [0.1, 0.15) is 36.5 Å². The van der Waals surface area contributed by atoms with Gasteiger partial charge in [0.1, 0.15) is 5.75 Å². The number of anilines is 1. The molecular weight excluding hydrogens is 268 g/mol. The van der Waals surface area contributed by atoms with Crippen molar-refractivity contribution in [1.29, 1.82) is 0 Å². The molecule has 1 aliphatic heterocycles. The van der Waals surface area contributed by atoms with Crippen molar-refractivity contribution in [1.82, 2.24) is 4.90 Å². The molecule has 1 saturated carbocycles. The van der Waals surface area contributed by atoms with Gasteiger partial charge in [-0.3, -0.25) is 4.79 Å². The molecule has 0 bridgehead atoms. The van der Waals surface area contributed by atoms with Gasteiger partial charge >= 0.3 is 0 Å². The maximum Gasteiger partial charge on any atom is 0.254 e. The summed E-state index contributed by atoms with van der Waals surface area (Å²) in [6, 6.07) is 5.47. The Balaban J connectivity index is 1.84. The summed E-state index contributed by atoms with van der Waals surface area (Å²) in [6.07, 6.45) is 3.41. The lowest BCUT2D eigenvalue weighted by molar-refractivity contribution is -0.0445. The van der Waals surface area contributed by atoms with Crippen LogP contribution in [0.4, 0.5) is 5.69 Å². The Hall–Kier alpha value is -1.75. The second-order valence-corrected chi connectivity index (χ2v) is 5.63. The van der Waals surface area contributed by atoms with Crippen molar-refractivity contribution in [2.45, 2.75) is 38.3 Å². The van der Waals surface area contributed by atoms with Crippen molar-refractivity contribution in [3.05, 3.63) is 23.8 Å². The number of carbonyl (C=O) groups is 1. The number of morpholine rings is 1. The standard InChI is InChI=1S/C16H22N2O3/c1-2-20-13-9-11(8-12(17)10-13)16(19)18-6-7-21-15-5-3-4-14(15)18/h8-10,14-15H,2-7,17H2,1H3. The minimum Gasteiger partial charge on any atom is -0.494 e. The van der Waals surface area contributed by atoms with Gasteiger partial charge in [0.25, 0.3) is 5.91 Å². The van der Waals surface area contributed by atoms with Crippen molar-refractivity contribution in [3.63, 3.8) is 0 Å². The first-order valence-electron chi connectivity index (χ1n) is 7.65. The predicted molar refractivity (Wildman–Crippen MR) is 80.4 cm³/mol. The molecule has 114 valence electrons. The molecule has 2 aliphatic rings. The van der Waals surface area contributed by atoms with Gasteiger partial charge in [-0.25, -0.2) is 0 Å². The van der Waals surface area contributed by atoms with E-state index in [2.05, 4.69) is 0 Å². The molecule has 0 aromatic heterocycles. The predicted octanol–water partition coefficient (Wildman–Crippen LogP) is 2.06. The van der Waals surface area contributed by atoms with Crippen molar-refractivity contribution in [2.24, 2.45) is 0 Å². The smallest absolute Gasteiger partial charge is 0.254 e. The number of nitrogen functional groups attached to an aromatic ring is 1. The van der Waals surface area contributed by atoms with E-state index in [0.717, 1.165) is 19.3 Å². The number of amides is 1. The fraction of sp³-hybridized carbons (Fsp3) is 0.562. The van der Waals surface area contributed by atoms with Crippen molar-refractivity contribution >= 4 is 11.6 Å². The van der Waals surface area contributed by atoms with Crippen LogP contribution < -0.4 is 10.5 Å². The van der Waals surface area contributed by atoms with Gasteiger partial charge in [0.15, 0.2) is 0 Å². The normalized spacial score (nSPS) is 24.7. The highest BCUT2D eigenvalue weighted by atomic mass is 16.5. The SMILES string of the molecule is CCOc1cc(N)cc(C(=O)N2CCOC3CCCC32)c1. The van der Waals surface area contributed by atoms with E-state index in [1.165, 1.54) is 0 Å². The number of hydrogen-bond donors (Lipinski definition) is 1. The van der Waals surface area contributed by atoms with Crippen LogP contribution in [0.2, 0.25) is 0 Å². The summed E-state index contributed by atoms with van der Waals surface area (Å²) < 4.78 is 11.2. The summed E-state index contributed by atoms with van der Waals surface area (Å²) in [4.78, 5) is 14.8. The number of hydrogen-bond acceptors (Lipinski definition) is 4. The van der Waals surface area contributed by atoms with Gasteiger partial charge in [0.05, 0.1) is 25.4 Å². The summed E-state index contributed by atoms with van der Waals surface area (Å²) in [5.41, 5.74) is 7.05. The number of nitrogens with two attached hydrogens (primary N) is 1. The van der Waals surface area contributed by atoms with Gasteiger partial charge in [-0.15, -0.1) is 0 Å². The summed E-state index contributed by atoms with van der Waals surface area (Å²) >= 11 is 0. The number of benzene rings is 1. The molecule has 0 radical (unpaired) electrons. The van der Waals surface area contributed by atoms with Gasteiger partial charge < -0.3 is 20.1 Å². The first-order chi connectivity index (χ1) is 10.2. The Morgan fingerprint density at radius 2 is 2.29 bits per heavy atom. The van der Waals surface area contributed by atoms with E-state index in [9.17, 15) is 4.79 Å². The van der Waals surface area contributed by atoms with Gasteiger partial charge in [0, 0.05) is 23.9 Å². The zero-order valence-electron chi connectivity index (χ0n) is 12.4. The van der Waals surface area contributed by atoms with Crippen molar-refractivity contribution < 1.29 is 14.3 Å². The lowest BCUT2D eigenvalue weighted by atomic mass is 10.1. The van der Waals surface area contributed by atoms with E-state index in [0.29, 0.717) is 36.8 Å². The molecule has 2 N–H and O–H groups in total. The largest absolute Gasteiger partial charge is 0.494 e. The number of carbonyl (C=O) groups excluding carboxylic acids is 1. The second kappa shape index (κ2) is 5.93. The van der Waals surface area contributed by atoms with Crippen LogP contribution in [-0.4, -0.2) is 42.7 Å². The van der Waals surface area contributed by atoms with Crippen LogP contribution in [0.15, 0.2) is 18.2 Å². The molecule has 1 aromatic rings. The third-order valence-corrected chi connectivity index (χ3v) is 4.23. The van der Waals surface area contributed by atoms with E-state index in [1.807, 2.05) is 11.8 Å². The molecule has 1 saturated heterocycles. The third-order valence-electron chi connectivity index (χ3n) is 4.23. The van der Waals surface area contributed by atoms with Crippen LogP contribution in [0, 0.1) is 0 Å².